The van der Waals surface area contributed by atoms with Gasteiger partial charge in [0.2, 0.25) is 0 Å². The van der Waals surface area contributed by atoms with E-state index in [0.717, 1.165) is 49.6 Å². The van der Waals surface area contributed by atoms with E-state index in [1.165, 1.54) is 0 Å². The Hall–Kier alpha value is -0.780. The van der Waals surface area contributed by atoms with Crippen molar-refractivity contribution in [1.82, 2.24) is 4.98 Å². The van der Waals surface area contributed by atoms with Crippen molar-refractivity contribution in [3.63, 3.8) is 0 Å². The van der Waals surface area contributed by atoms with Gasteiger partial charge in [0.05, 0.1) is 12.0 Å². The summed E-state index contributed by atoms with van der Waals surface area (Å²) in [5.41, 5.74) is 0.904. The van der Waals surface area contributed by atoms with E-state index in [1.54, 1.807) is 11.3 Å². The van der Waals surface area contributed by atoms with Crippen molar-refractivity contribution in [3.8, 4) is 0 Å². The summed E-state index contributed by atoms with van der Waals surface area (Å²) in [4.78, 5) is 16.9. The van der Waals surface area contributed by atoms with E-state index in [9.17, 15) is 4.79 Å². The zero-order chi connectivity index (χ0) is 14.0. The third kappa shape index (κ3) is 3.10. The Morgan fingerprint density at radius 2 is 2.25 bits per heavy atom. The van der Waals surface area contributed by atoms with Gasteiger partial charge in [-0.15, -0.1) is 11.3 Å². The minimum atomic E-state index is -0.102. The molecule has 0 saturated carbocycles. The number of Topliss-reactive ketones (excluding diaryl/α,β-unsaturated/α-hetero) is 1. The molecule has 3 rings (SSSR count). The first-order chi connectivity index (χ1) is 9.67. The van der Waals surface area contributed by atoms with Crippen LogP contribution >= 0.6 is 11.3 Å². The van der Waals surface area contributed by atoms with Crippen LogP contribution in [0, 0.1) is 12.8 Å². The Kier molecular flexibility index (Phi) is 4.19. The van der Waals surface area contributed by atoms with Gasteiger partial charge in [-0.3, -0.25) is 4.79 Å². The lowest BCUT2D eigenvalue weighted by atomic mass is 9.78. The number of rotatable bonds is 3. The Morgan fingerprint density at radius 1 is 1.45 bits per heavy atom. The van der Waals surface area contributed by atoms with Crippen molar-refractivity contribution in [2.45, 2.75) is 44.6 Å². The van der Waals surface area contributed by atoms with Gasteiger partial charge in [0.15, 0.2) is 0 Å². The molecule has 1 aromatic heterocycles. The smallest absolute Gasteiger partial charge is 0.142 e. The number of thiazole rings is 1. The fourth-order valence-corrected chi connectivity index (χ4v) is 3.95. The maximum atomic E-state index is 12.5. The van der Waals surface area contributed by atoms with Gasteiger partial charge in [-0.25, -0.2) is 4.98 Å². The molecule has 0 aliphatic carbocycles. The van der Waals surface area contributed by atoms with Crippen LogP contribution in [0.3, 0.4) is 0 Å². The fourth-order valence-electron chi connectivity index (χ4n) is 3.17. The van der Waals surface area contributed by atoms with Crippen LogP contribution in [0.15, 0.2) is 5.38 Å². The van der Waals surface area contributed by atoms with Gasteiger partial charge < -0.3 is 9.47 Å². The van der Waals surface area contributed by atoms with Gasteiger partial charge >= 0.3 is 0 Å². The highest BCUT2D eigenvalue weighted by Crippen LogP contribution is 2.37. The number of ketones is 1. The van der Waals surface area contributed by atoms with Crippen LogP contribution in [0.4, 0.5) is 0 Å². The first kappa shape index (κ1) is 14.2. The molecule has 0 amide bonds. The fraction of sp³-hybridized carbons (Fsp3) is 0.733. The summed E-state index contributed by atoms with van der Waals surface area (Å²) in [6, 6.07) is 0. The Balaban J connectivity index is 1.62. The number of aryl methyl sites for hydroxylation is 1. The van der Waals surface area contributed by atoms with Gasteiger partial charge in [-0.05, 0) is 32.6 Å². The normalized spacial score (nSPS) is 25.8. The van der Waals surface area contributed by atoms with Crippen LogP contribution in [0.2, 0.25) is 0 Å². The monoisotopic (exact) mass is 295 g/mol. The van der Waals surface area contributed by atoms with E-state index in [0.29, 0.717) is 18.8 Å². The molecule has 3 heterocycles. The molecule has 1 spiro atoms. The number of ether oxygens (including phenoxy) is 2. The summed E-state index contributed by atoms with van der Waals surface area (Å²) in [6.45, 7) is 4.18. The zero-order valence-electron chi connectivity index (χ0n) is 11.9. The largest absolute Gasteiger partial charge is 0.381 e. The maximum Gasteiger partial charge on any atom is 0.142 e. The predicted molar refractivity (Wildman–Crippen MR) is 77.0 cm³/mol. The second-order valence-electron chi connectivity index (χ2n) is 5.86. The molecular formula is C15H21NO3S. The Labute approximate surface area is 123 Å². The van der Waals surface area contributed by atoms with Crippen LogP contribution in [-0.4, -0.2) is 36.2 Å². The molecule has 2 aliphatic heterocycles. The number of hydrogen-bond acceptors (Lipinski definition) is 5. The van der Waals surface area contributed by atoms with Crippen LogP contribution in [0.1, 0.15) is 36.4 Å². The summed E-state index contributed by atoms with van der Waals surface area (Å²) in [6.07, 6.45) is 4.04. The molecule has 4 nitrogen and oxygen atoms in total. The quantitative estimate of drug-likeness (QED) is 0.860. The molecule has 2 saturated heterocycles. The van der Waals surface area contributed by atoms with Crippen LogP contribution < -0.4 is 0 Å². The summed E-state index contributed by atoms with van der Waals surface area (Å²) in [7, 11) is 0. The molecule has 5 heteroatoms. The standard InChI is InChI=1S/C15H21NO3S/c1-11-10-20-14(16-11)8-13(17)12-2-5-19-15(9-12)3-6-18-7-4-15/h10,12H,2-9H2,1H3. The van der Waals surface area contributed by atoms with E-state index in [1.807, 2.05) is 12.3 Å². The Bertz CT molecular complexity index is 474. The first-order valence-corrected chi connectivity index (χ1v) is 8.20. The molecule has 1 unspecified atom stereocenters. The molecule has 0 aromatic carbocycles. The number of carbonyl (C=O) groups excluding carboxylic acids is 1. The molecule has 2 fully saturated rings. The number of hydrogen-bond donors (Lipinski definition) is 0. The molecule has 0 bridgehead atoms. The highest BCUT2D eigenvalue weighted by Gasteiger charge is 2.41. The van der Waals surface area contributed by atoms with Crippen molar-refractivity contribution in [2.24, 2.45) is 5.92 Å². The highest BCUT2D eigenvalue weighted by atomic mass is 32.1. The third-order valence-corrected chi connectivity index (χ3v) is 5.31. The van der Waals surface area contributed by atoms with Gasteiger partial charge in [0.25, 0.3) is 0 Å². The Morgan fingerprint density at radius 3 is 2.95 bits per heavy atom. The van der Waals surface area contributed by atoms with Crippen molar-refractivity contribution in [3.05, 3.63) is 16.1 Å². The van der Waals surface area contributed by atoms with Crippen LogP contribution in [0.25, 0.3) is 0 Å². The van der Waals surface area contributed by atoms with Gasteiger partial charge in [-0.1, -0.05) is 0 Å². The molecule has 110 valence electrons. The van der Waals surface area contributed by atoms with E-state index >= 15 is 0 Å². The summed E-state index contributed by atoms with van der Waals surface area (Å²) in [5.74, 6) is 0.458. The van der Waals surface area contributed by atoms with E-state index < -0.39 is 0 Å². The SMILES string of the molecule is Cc1csc(CC(=O)C2CCOC3(CCOCC3)C2)n1. The topological polar surface area (TPSA) is 48.4 Å². The van der Waals surface area contributed by atoms with Crippen LogP contribution in [-0.2, 0) is 20.7 Å². The molecule has 1 atom stereocenters. The molecule has 2 aliphatic rings. The summed E-state index contributed by atoms with van der Waals surface area (Å²) >= 11 is 1.59. The van der Waals surface area contributed by atoms with Gasteiger partial charge in [0.1, 0.15) is 10.8 Å². The van der Waals surface area contributed by atoms with Crippen molar-refractivity contribution in [2.75, 3.05) is 19.8 Å². The molecule has 1 aromatic rings. The maximum absolute atomic E-state index is 12.5. The zero-order valence-corrected chi connectivity index (χ0v) is 12.7. The molecule has 20 heavy (non-hydrogen) atoms. The number of nitrogens with zero attached hydrogens (tertiary/aromatic N) is 1. The highest BCUT2D eigenvalue weighted by molar-refractivity contribution is 7.09. The van der Waals surface area contributed by atoms with Crippen molar-refractivity contribution < 1.29 is 14.3 Å². The second kappa shape index (κ2) is 5.92. The van der Waals surface area contributed by atoms with E-state index in [4.69, 9.17) is 9.47 Å². The number of aromatic nitrogens is 1. The summed E-state index contributed by atoms with van der Waals surface area (Å²) < 4.78 is 11.4. The second-order valence-corrected chi connectivity index (χ2v) is 6.80. The minimum absolute atomic E-state index is 0.102. The van der Waals surface area contributed by atoms with Crippen molar-refractivity contribution >= 4 is 17.1 Å². The predicted octanol–water partition coefficient (Wildman–Crippen LogP) is 2.54. The average Bonchev–Trinajstić information content (AvgIpc) is 2.85. The first-order valence-electron chi connectivity index (χ1n) is 7.32. The lowest BCUT2D eigenvalue weighted by Gasteiger charge is -2.42. The molecule has 0 radical (unpaired) electrons. The average molecular weight is 295 g/mol. The van der Waals surface area contributed by atoms with Crippen molar-refractivity contribution in [1.29, 1.82) is 0 Å². The van der Waals surface area contributed by atoms with Crippen LogP contribution in [0.5, 0.6) is 0 Å². The minimum Gasteiger partial charge on any atom is -0.381 e. The number of carbonyl (C=O) groups is 1. The van der Waals surface area contributed by atoms with Gasteiger partial charge in [-0.2, -0.15) is 0 Å². The summed E-state index contributed by atoms with van der Waals surface area (Å²) in [5, 5.41) is 2.95. The lowest BCUT2D eigenvalue weighted by molar-refractivity contribution is -0.156. The molecule has 0 N–H and O–H groups in total. The van der Waals surface area contributed by atoms with E-state index in [-0.39, 0.29) is 11.5 Å². The molecular weight excluding hydrogens is 274 g/mol. The van der Waals surface area contributed by atoms with E-state index in [2.05, 4.69) is 4.98 Å². The third-order valence-electron chi connectivity index (χ3n) is 4.34. The van der Waals surface area contributed by atoms with Gasteiger partial charge in [0, 0.05) is 36.8 Å². The lowest BCUT2D eigenvalue weighted by Crippen LogP contribution is -2.46.